The molecule has 0 radical (unpaired) electrons. The average molecular weight is 414 g/mol. The molecule has 0 unspecified atom stereocenters. The zero-order valence-corrected chi connectivity index (χ0v) is 18.9. The first-order valence-electron chi connectivity index (χ1n) is 11.2. The SMILES string of the molecule is CCCCc1ccc(C#Cc2ccc(CN(CC(C)C)c3ccc(F)cc3)cc2)cc1. The first kappa shape index (κ1) is 22.6. The molecule has 3 rings (SSSR count). The molecule has 0 heterocycles. The molecule has 0 aliphatic heterocycles. The Balaban J connectivity index is 1.66. The minimum atomic E-state index is -0.202. The van der Waals surface area contributed by atoms with Crippen LogP contribution in [0.25, 0.3) is 0 Å². The number of nitrogens with zero attached hydrogens (tertiary/aromatic N) is 1. The molecule has 0 saturated heterocycles. The van der Waals surface area contributed by atoms with E-state index in [0.29, 0.717) is 5.92 Å². The van der Waals surface area contributed by atoms with Gasteiger partial charge in [0, 0.05) is 29.9 Å². The third kappa shape index (κ3) is 7.30. The number of anilines is 1. The Morgan fingerprint density at radius 1 is 0.774 bits per heavy atom. The summed E-state index contributed by atoms with van der Waals surface area (Å²) in [7, 11) is 0. The lowest BCUT2D eigenvalue weighted by molar-refractivity contribution is 0.606. The van der Waals surface area contributed by atoms with Gasteiger partial charge in [0.25, 0.3) is 0 Å². The highest BCUT2D eigenvalue weighted by Crippen LogP contribution is 2.20. The van der Waals surface area contributed by atoms with E-state index in [-0.39, 0.29) is 5.82 Å². The molecule has 0 aliphatic rings. The molecule has 31 heavy (non-hydrogen) atoms. The van der Waals surface area contributed by atoms with E-state index in [2.05, 4.69) is 86.0 Å². The summed E-state index contributed by atoms with van der Waals surface area (Å²) in [6, 6.07) is 23.8. The van der Waals surface area contributed by atoms with Crippen molar-refractivity contribution in [1.29, 1.82) is 0 Å². The molecule has 2 heteroatoms. The summed E-state index contributed by atoms with van der Waals surface area (Å²) in [5, 5.41) is 0. The second-order valence-corrected chi connectivity index (χ2v) is 8.50. The summed E-state index contributed by atoms with van der Waals surface area (Å²) >= 11 is 0. The quantitative estimate of drug-likeness (QED) is 0.352. The summed E-state index contributed by atoms with van der Waals surface area (Å²) in [6.07, 6.45) is 3.58. The lowest BCUT2D eigenvalue weighted by atomic mass is 10.1. The van der Waals surface area contributed by atoms with Crippen molar-refractivity contribution < 1.29 is 4.39 Å². The minimum Gasteiger partial charge on any atom is -0.367 e. The summed E-state index contributed by atoms with van der Waals surface area (Å²) < 4.78 is 13.3. The number of aryl methyl sites for hydroxylation is 1. The Hall–Kier alpha value is -3.05. The van der Waals surface area contributed by atoms with Gasteiger partial charge in [0.1, 0.15) is 5.82 Å². The number of benzene rings is 3. The fourth-order valence-corrected chi connectivity index (χ4v) is 3.55. The first-order valence-corrected chi connectivity index (χ1v) is 11.2. The largest absolute Gasteiger partial charge is 0.367 e. The lowest BCUT2D eigenvalue weighted by Crippen LogP contribution is -2.27. The van der Waals surface area contributed by atoms with Gasteiger partial charge in [-0.25, -0.2) is 4.39 Å². The van der Waals surface area contributed by atoms with Crippen molar-refractivity contribution in [1.82, 2.24) is 0 Å². The Kier molecular flexibility index (Phi) is 8.30. The highest BCUT2D eigenvalue weighted by Gasteiger charge is 2.10. The van der Waals surface area contributed by atoms with Crippen LogP contribution in [0, 0.1) is 23.6 Å². The Morgan fingerprint density at radius 2 is 1.32 bits per heavy atom. The Labute approximate surface area is 186 Å². The predicted molar refractivity (Wildman–Crippen MR) is 130 cm³/mol. The maximum Gasteiger partial charge on any atom is 0.123 e. The van der Waals surface area contributed by atoms with Gasteiger partial charge in [-0.3, -0.25) is 0 Å². The van der Waals surface area contributed by atoms with Crippen LogP contribution in [0.2, 0.25) is 0 Å². The van der Waals surface area contributed by atoms with E-state index in [4.69, 9.17) is 0 Å². The van der Waals surface area contributed by atoms with Gasteiger partial charge < -0.3 is 4.90 Å². The summed E-state index contributed by atoms with van der Waals surface area (Å²) in [5.41, 5.74) is 5.70. The first-order chi connectivity index (χ1) is 15.0. The van der Waals surface area contributed by atoms with Crippen LogP contribution in [0.1, 0.15) is 55.9 Å². The van der Waals surface area contributed by atoms with Crippen LogP contribution in [0.5, 0.6) is 0 Å². The molecule has 0 aliphatic carbocycles. The van der Waals surface area contributed by atoms with Crippen molar-refractivity contribution in [3.8, 4) is 11.8 Å². The van der Waals surface area contributed by atoms with Gasteiger partial charge in [-0.2, -0.15) is 0 Å². The van der Waals surface area contributed by atoms with Crippen molar-refractivity contribution in [2.75, 3.05) is 11.4 Å². The molecule has 3 aromatic rings. The Morgan fingerprint density at radius 3 is 1.84 bits per heavy atom. The molecule has 0 N–H and O–H groups in total. The van der Waals surface area contributed by atoms with E-state index in [1.54, 1.807) is 0 Å². The molecule has 0 aromatic heterocycles. The van der Waals surface area contributed by atoms with E-state index >= 15 is 0 Å². The molecule has 0 saturated carbocycles. The predicted octanol–water partition coefficient (Wildman–Crippen LogP) is 7.23. The van der Waals surface area contributed by atoms with Crippen LogP contribution in [0.3, 0.4) is 0 Å². The van der Waals surface area contributed by atoms with E-state index in [0.717, 1.165) is 36.3 Å². The van der Waals surface area contributed by atoms with Crippen LogP contribution < -0.4 is 4.90 Å². The smallest absolute Gasteiger partial charge is 0.123 e. The number of rotatable bonds is 8. The molecule has 160 valence electrons. The zero-order chi connectivity index (χ0) is 22.1. The maximum atomic E-state index is 13.3. The second-order valence-electron chi connectivity index (χ2n) is 8.50. The highest BCUT2D eigenvalue weighted by molar-refractivity contribution is 5.48. The van der Waals surface area contributed by atoms with Gasteiger partial charge in [0.2, 0.25) is 0 Å². The molecule has 0 bridgehead atoms. The maximum absolute atomic E-state index is 13.3. The van der Waals surface area contributed by atoms with E-state index in [9.17, 15) is 4.39 Å². The molecular formula is C29H32FN. The monoisotopic (exact) mass is 413 g/mol. The zero-order valence-electron chi connectivity index (χ0n) is 18.9. The van der Waals surface area contributed by atoms with Crippen LogP contribution >= 0.6 is 0 Å². The molecular weight excluding hydrogens is 381 g/mol. The highest BCUT2D eigenvalue weighted by atomic mass is 19.1. The fourth-order valence-electron chi connectivity index (χ4n) is 3.55. The van der Waals surface area contributed by atoms with Gasteiger partial charge in [-0.05, 0) is 78.4 Å². The molecule has 0 atom stereocenters. The van der Waals surface area contributed by atoms with Gasteiger partial charge in [0.05, 0.1) is 0 Å². The standard InChI is InChI=1S/C29H32FN/c1-4-5-6-24-7-9-25(10-8-24)11-12-26-13-15-27(16-14-26)22-31(21-23(2)3)29-19-17-28(30)18-20-29/h7-10,13-20,23H,4-6,21-22H2,1-3H3. The molecule has 1 nitrogen and oxygen atoms in total. The number of halogens is 1. The third-order valence-electron chi connectivity index (χ3n) is 5.23. The summed E-state index contributed by atoms with van der Waals surface area (Å²) in [6.45, 7) is 8.32. The van der Waals surface area contributed by atoms with Crippen LogP contribution in [0.4, 0.5) is 10.1 Å². The van der Waals surface area contributed by atoms with Crippen molar-refractivity contribution in [3.05, 3.63) is 101 Å². The molecule has 0 amide bonds. The van der Waals surface area contributed by atoms with Crippen LogP contribution in [-0.2, 0) is 13.0 Å². The molecule has 3 aromatic carbocycles. The third-order valence-corrected chi connectivity index (χ3v) is 5.23. The molecule has 0 fully saturated rings. The topological polar surface area (TPSA) is 3.24 Å². The van der Waals surface area contributed by atoms with Crippen LogP contribution in [-0.4, -0.2) is 6.54 Å². The number of hydrogen-bond donors (Lipinski definition) is 0. The van der Waals surface area contributed by atoms with Gasteiger partial charge in [-0.1, -0.05) is 63.3 Å². The molecule has 0 spiro atoms. The van der Waals surface area contributed by atoms with E-state index < -0.39 is 0 Å². The second kappa shape index (κ2) is 11.4. The van der Waals surface area contributed by atoms with Crippen molar-refractivity contribution in [3.63, 3.8) is 0 Å². The average Bonchev–Trinajstić information content (AvgIpc) is 2.78. The van der Waals surface area contributed by atoms with E-state index in [1.165, 1.54) is 36.1 Å². The van der Waals surface area contributed by atoms with Gasteiger partial charge >= 0.3 is 0 Å². The van der Waals surface area contributed by atoms with Gasteiger partial charge in [0.15, 0.2) is 0 Å². The summed E-state index contributed by atoms with van der Waals surface area (Å²) in [4.78, 5) is 2.30. The summed E-state index contributed by atoms with van der Waals surface area (Å²) in [5.74, 6) is 6.85. The van der Waals surface area contributed by atoms with Gasteiger partial charge in [-0.15, -0.1) is 0 Å². The van der Waals surface area contributed by atoms with E-state index in [1.807, 2.05) is 12.1 Å². The van der Waals surface area contributed by atoms with Crippen molar-refractivity contribution in [2.24, 2.45) is 5.92 Å². The van der Waals surface area contributed by atoms with Crippen molar-refractivity contribution >= 4 is 5.69 Å². The van der Waals surface area contributed by atoms with Crippen LogP contribution in [0.15, 0.2) is 72.8 Å². The fraction of sp³-hybridized carbons (Fsp3) is 0.310. The number of hydrogen-bond acceptors (Lipinski definition) is 1. The number of unbranched alkanes of at least 4 members (excludes halogenated alkanes) is 1. The normalized spacial score (nSPS) is 10.6. The Bertz CT molecular complexity index is 990. The lowest BCUT2D eigenvalue weighted by Gasteiger charge is -2.27. The minimum absolute atomic E-state index is 0.202. The van der Waals surface area contributed by atoms with Crippen molar-refractivity contribution in [2.45, 2.75) is 46.6 Å².